The van der Waals surface area contributed by atoms with Gasteiger partial charge in [0.05, 0.1) is 324 Å². The monoisotopic (exact) mass is 1280 g/mol. The second-order valence-corrected chi connectivity index (χ2v) is 17.8. The molecule has 88 heavy (non-hydrogen) atoms. The number of carbonyl (C=O) groups is 3. The predicted octanol–water partition coefficient (Wildman–Crippen LogP) is 1.10. The molecule has 1 rings (SSSR count). The van der Waals surface area contributed by atoms with E-state index in [0.29, 0.717) is 328 Å². The summed E-state index contributed by atoms with van der Waals surface area (Å²) in [5.41, 5.74) is 1.01. The molecule has 0 aliphatic rings. The molecule has 0 aliphatic carbocycles. The zero-order valence-electron chi connectivity index (χ0n) is 52.2. The van der Waals surface area contributed by atoms with Crippen molar-refractivity contribution < 1.29 is 133 Å². The number of ether oxygens (including phenoxy) is 24. The SMILES string of the molecule is O=Cc1ccc(C(=O)NCCOCCOCCOCCOCCOCCOCCOCCOCCOCCOCCOCCOCCOCCOCCOCCOCCOCCOCCOCCOCCOCCOCCOCCOCCC(=O)O)cc1. The summed E-state index contributed by atoms with van der Waals surface area (Å²) in [6, 6.07) is 6.41. The summed E-state index contributed by atoms with van der Waals surface area (Å²) in [5.74, 6) is -1.10. The highest BCUT2D eigenvalue weighted by Gasteiger charge is 2.06. The number of hydrogen-bond donors (Lipinski definition) is 2. The topological polar surface area (TPSA) is 305 Å². The number of carbonyl (C=O) groups excluding carboxylic acids is 2. The minimum atomic E-state index is -0.881. The number of aldehydes is 1. The highest BCUT2D eigenvalue weighted by Crippen LogP contribution is 2.02. The zero-order valence-corrected chi connectivity index (χ0v) is 52.2. The van der Waals surface area contributed by atoms with E-state index in [4.69, 9.17) is 119 Å². The number of carboxylic acid groups (broad SMARTS) is 1. The average Bonchev–Trinajstić information content (AvgIpc) is 3.63. The van der Waals surface area contributed by atoms with Crippen LogP contribution in [0.4, 0.5) is 0 Å². The Bertz CT molecular complexity index is 1560. The molecule has 0 fully saturated rings. The maximum atomic E-state index is 12.1. The second kappa shape index (κ2) is 72.9. The van der Waals surface area contributed by atoms with E-state index in [0.717, 1.165) is 6.29 Å². The first-order valence-corrected chi connectivity index (χ1v) is 30.5. The lowest BCUT2D eigenvalue weighted by Crippen LogP contribution is -2.27. The van der Waals surface area contributed by atoms with Crippen molar-refractivity contribution >= 4 is 18.2 Å². The highest BCUT2D eigenvalue weighted by molar-refractivity contribution is 5.94. The quantitative estimate of drug-likeness (QED) is 0.0682. The number of amides is 1. The fourth-order valence-electron chi connectivity index (χ4n) is 6.37. The minimum Gasteiger partial charge on any atom is -0.481 e. The van der Waals surface area contributed by atoms with E-state index in [1.165, 1.54) is 0 Å². The number of benzene rings is 1. The van der Waals surface area contributed by atoms with Crippen molar-refractivity contribution in [3.63, 3.8) is 0 Å². The molecule has 0 saturated heterocycles. The van der Waals surface area contributed by atoms with E-state index in [1.54, 1.807) is 24.3 Å². The Morgan fingerprint density at radius 1 is 0.261 bits per heavy atom. The van der Waals surface area contributed by atoms with Gasteiger partial charge in [-0.25, -0.2) is 0 Å². The number of aliphatic carboxylic acids is 1. The summed E-state index contributed by atoms with van der Waals surface area (Å²) in [4.78, 5) is 33.2. The maximum absolute atomic E-state index is 12.1. The van der Waals surface area contributed by atoms with Crippen molar-refractivity contribution in [3.8, 4) is 0 Å². The summed E-state index contributed by atoms with van der Waals surface area (Å²) in [6.45, 7) is 22.2. The number of hydrogen-bond acceptors (Lipinski definition) is 27. The van der Waals surface area contributed by atoms with Crippen LogP contribution in [0.3, 0.4) is 0 Å². The van der Waals surface area contributed by atoms with Gasteiger partial charge in [-0.3, -0.25) is 14.4 Å². The first-order valence-electron chi connectivity index (χ1n) is 30.5. The van der Waals surface area contributed by atoms with Crippen molar-refractivity contribution in [3.05, 3.63) is 35.4 Å². The van der Waals surface area contributed by atoms with Gasteiger partial charge in [0.2, 0.25) is 0 Å². The molecule has 29 nitrogen and oxygen atoms in total. The van der Waals surface area contributed by atoms with Crippen LogP contribution in [0.2, 0.25) is 0 Å². The molecule has 0 radical (unpaired) electrons. The first-order chi connectivity index (χ1) is 43.6. The summed E-state index contributed by atoms with van der Waals surface area (Å²) < 4.78 is 131. The van der Waals surface area contributed by atoms with Crippen LogP contribution in [-0.2, 0) is 118 Å². The Morgan fingerprint density at radius 3 is 0.580 bits per heavy atom. The number of carboxylic acids is 1. The molecule has 2 N–H and O–H groups in total. The highest BCUT2D eigenvalue weighted by atomic mass is 16.6. The van der Waals surface area contributed by atoms with Gasteiger partial charge in [0.1, 0.15) is 6.29 Å². The summed E-state index contributed by atoms with van der Waals surface area (Å²) >= 11 is 0. The van der Waals surface area contributed by atoms with Gasteiger partial charge in [0.15, 0.2) is 0 Å². The number of nitrogens with one attached hydrogen (secondary N) is 1. The number of rotatable bonds is 77. The van der Waals surface area contributed by atoms with Crippen molar-refractivity contribution in [1.82, 2.24) is 5.32 Å². The lowest BCUT2D eigenvalue weighted by atomic mass is 10.1. The third-order valence-corrected chi connectivity index (χ3v) is 10.9. The molecule has 0 bridgehead atoms. The van der Waals surface area contributed by atoms with E-state index in [9.17, 15) is 14.4 Å². The molecule has 516 valence electrons. The fraction of sp³-hybridized carbons (Fsp3) is 0.847. The van der Waals surface area contributed by atoms with E-state index in [1.807, 2.05) is 0 Å². The van der Waals surface area contributed by atoms with Gasteiger partial charge < -0.3 is 124 Å². The van der Waals surface area contributed by atoms with Gasteiger partial charge in [0, 0.05) is 17.7 Å². The molecule has 0 aliphatic heterocycles. The van der Waals surface area contributed by atoms with E-state index in [-0.39, 0.29) is 18.9 Å². The molecule has 1 aromatic carbocycles. The summed E-state index contributed by atoms with van der Waals surface area (Å²) in [6.07, 6.45) is 0.722. The third kappa shape index (κ3) is 67.3. The summed E-state index contributed by atoms with van der Waals surface area (Å²) in [7, 11) is 0. The standard InChI is InChI=1S/C59H107NO28/c61-55-56-1-3-57(4-2-56)59(64)60-6-8-66-10-12-68-14-16-70-18-20-72-22-24-74-26-28-76-30-32-78-34-36-80-38-40-82-42-44-84-46-48-86-50-52-88-54-53-87-51-49-85-47-45-83-43-41-81-39-37-79-35-33-77-31-29-75-27-25-73-23-21-71-19-17-69-15-13-67-11-9-65-7-5-58(62)63/h1-4,55H,5-54H2,(H,60,64)(H,62,63). The van der Waals surface area contributed by atoms with Gasteiger partial charge in [-0.15, -0.1) is 0 Å². The van der Waals surface area contributed by atoms with Crippen LogP contribution in [0, 0.1) is 0 Å². The lowest BCUT2D eigenvalue weighted by Gasteiger charge is -2.09. The van der Waals surface area contributed by atoms with Gasteiger partial charge >= 0.3 is 5.97 Å². The normalized spacial score (nSPS) is 11.5. The van der Waals surface area contributed by atoms with Gasteiger partial charge in [-0.1, -0.05) is 12.1 Å². The second-order valence-electron chi connectivity index (χ2n) is 17.8. The molecular formula is C59H107NO28. The van der Waals surface area contributed by atoms with E-state index in [2.05, 4.69) is 5.32 Å². The Morgan fingerprint density at radius 2 is 0.420 bits per heavy atom. The maximum Gasteiger partial charge on any atom is 0.305 e. The van der Waals surface area contributed by atoms with Crippen molar-refractivity contribution in [1.29, 1.82) is 0 Å². The van der Waals surface area contributed by atoms with Gasteiger partial charge in [-0.05, 0) is 12.1 Å². The van der Waals surface area contributed by atoms with Crippen molar-refractivity contribution in [2.45, 2.75) is 6.42 Å². The molecule has 0 unspecified atom stereocenters. The van der Waals surface area contributed by atoms with Gasteiger partial charge in [-0.2, -0.15) is 0 Å². The lowest BCUT2D eigenvalue weighted by molar-refractivity contribution is -0.138. The Hall–Kier alpha value is -3.13. The fourth-order valence-corrected chi connectivity index (χ4v) is 6.37. The van der Waals surface area contributed by atoms with Crippen LogP contribution >= 0.6 is 0 Å². The van der Waals surface area contributed by atoms with Crippen LogP contribution in [0.15, 0.2) is 24.3 Å². The molecule has 1 amide bonds. The average molecular weight is 1280 g/mol. The van der Waals surface area contributed by atoms with Crippen LogP contribution in [-0.4, -0.2) is 347 Å². The predicted molar refractivity (Wildman–Crippen MR) is 316 cm³/mol. The molecule has 0 heterocycles. The Kier molecular flexibility index (Phi) is 68.7. The third-order valence-electron chi connectivity index (χ3n) is 10.9. The molecule has 0 aromatic heterocycles. The van der Waals surface area contributed by atoms with E-state index >= 15 is 0 Å². The first kappa shape index (κ1) is 82.9. The van der Waals surface area contributed by atoms with Crippen molar-refractivity contribution in [2.75, 3.05) is 324 Å². The smallest absolute Gasteiger partial charge is 0.305 e. The molecule has 0 atom stereocenters. The van der Waals surface area contributed by atoms with Gasteiger partial charge in [0.25, 0.3) is 5.91 Å². The minimum absolute atomic E-state index is 0.0117. The summed E-state index contributed by atoms with van der Waals surface area (Å²) in [5, 5.41) is 11.3. The molecule has 29 heteroatoms. The van der Waals surface area contributed by atoms with Crippen LogP contribution in [0.25, 0.3) is 0 Å². The molecule has 1 aromatic rings. The van der Waals surface area contributed by atoms with E-state index < -0.39 is 5.97 Å². The zero-order chi connectivity index (χ0) is 62.9. The largest absolute Gasteiger partial charge is 0.481 e. The van der Waals surface area contributed by atoms with Crippen LogP contribution < -0.4 is 5.32 Å². The van der Waals surface area contributed by atoms with Crippen molar-refractivity contribution in [2.24, 2.45) is 0 Å². The van der Waals surface area contributed by atoms with Crippen LogP contribution in [0.5, 0.6) is 0 Å². The Labute approximate surface area is 520 Å². The molecular weight excluding hydrogens is 1170 g/mol. The Balaban J connectivity index is 1.60. The molecule has 0 saturated carbocycles. The molecule has 0 spiro atoms. The van der Waals surface area contributed by atoms with Crippen LogP contribution in [0.1, 0.15) is 27.1 Å².